The van der Waals surface area contributed by atoms with Gasteiger partial charge in [-0.1, -0.05) is 35.0 Å². The third kappa shape index (κ3) is 4.39. The molecule has 0 radical (unpaired) electrons. The van der Waals surface area contributed by atoms with Crippen molar-refractivity contribution in [2.24, 2.45) is 5.16 Å². The molecule has 0 unspecified atom stereocenters. The molecule has 0 atom stereocenters. The number of hydrogen-bond acceptors (Lipinski definition) is 4. The first kappa shape index (κ1) is 16.6. The average Bonchev–Trinajstić information content (AvgIpc) is 2.47. The summed E-state index contributed by atoms with van der Waals surface area (Å²) in [5.74, 6) is 1.38. The summed E-state index contributed by atoms with van der Waals surface area (Å²) in [5, 5.41) is 12.2. The molecular weight excluding hydrogens is 370 g/mol. The highest BCUT2D eigenvalue weighted by atomic mass is 79.9. The van der Waals surface area contributed by atoms with Gasteiger partial charge in [0, 0.05) is 10.6 Å². The van der Waals surface area contributed by atoms with E-state index >= 15 is 0 Å². The molecular formula is C16H15BrClNO3. The molecule has 4 nitrogen and oxygen atoms in total. The molecule has 0 aromatic heterocycles. The van der Waals surface area contributed by atoms with Gasteiger partial charge >= 0.3 is 0 Å². The molecule has 0 saturated carbocycles. The van der Waals surface area contributed by atoms with Crippen molar-refractivity contribution in [3.63, 3.8) is 0 Å². The Kier molecular flexibility index (Phi) is 6.10. The van der Waals surface area contributed by atoms with Gasteiger partial charge in [0.15, 0.2) is 0 Å². The number of halogens is 2. The number of nitrogens with zero attached hydrogens (tertiary/aromatic N) is 1. The average molecular weight is 385 g/mol. The molecule has 0 aliphatic carbocycles. The van der Waals surface area contributed by atoms with Crippen molar-refractivity contribution in [3.8, 4) is 11.5 Å². The minimum atomic E-state index is 0.348. The Morgan fingerprint density at radius 3 is 2.68 bits per heavy atom. The second-order valence-corrected chi connectivity index (χ2v) is 5.80. The smallest absolute Gasteiger partial charge is 0.142 e. The number of hydrogen-bond donors (Lipinski definition) is 1. The molecule has 22 heavy (non-hydrogen) atoms. The standard InChI is InChI=1S/C16H15BrClNO3/c1-11-4-2-3-5-15(11)21-6-7-22-16-12(10-19-20)8-13(18)9-14(16)17/h2-5,8-10,20H,6-7H2,1H3. The second kappa shape index (κ2) is 8.06. The number of benzene rings is 2. The van der Waals surface area contributed by atoms with Gasteiger partial charge in [-0.25, -0.2) is 0 Å². The monoisotopic (exact) mass is 383 g/mol. The van der Waals surface area contributed by atoms with E-state index in [0.29, 0.717) is 34.0 Å². The van der Waals surface area contributed by atoms with Crippen molar-refractivity contribution in [2.75, 3.05) is 13.2 Å². The third-order valence-corrected chi connectivity index (χ3v) is 3.72. The summed E-state index contributed by atoms with van der Waals surface area (Å²) in [6, 6.07) is 11.2. The van der Waals surface area contributed by atoms with Gasteiger partial charge in [-0.15, -0.1) is 0 Å². The lowest BCUT2D eigenvalue weighted by molar-refractivity contribution is 0.215. The highest BCUT2D eigenvalue weighted by molar-refractivity contribution is 9.10. The van der Waals surface area contributed by atoms with Gasteiger partial charge < -0.3 is 14.7 Å². The van der Waals surface area contributed by atoms with Crippen LogP contribution in [-0.2, 0) is 0 Å². The molecule has 6 heteroatoms. The third-order valence-electron chi connectivity index (χ3n) is 2.91. The minimum absolute atomic E-state index is 0.348. The Balaban J connectivity index is 1.99. The van der Waals surface area contributed by atoms with Gasteiger partial charge in [0.25, 0.3) is 0 Å². The zero-order valence-electron chi connectivity index (χ0n) is 11.9. The first-order valence-corrected chi connectivity index (χ1v) is 7.76. The van der Waals surface area contributed by atoms with Crippen LogP contribution in [0.2, 0.25) is 5.02 Å². The Morgan fingerprint density at radius 2 is 1.95 bits per heavy atom. The fraction of sp³-hybridized carbons (Fsp3) is 0.188. The summed E-state index contributed by atoms with van der Waals surface area (Å²) in [6.45, 7) is 2.73. The molecule has 0 spiro atoms. The number of aryl methyl sites for hydroxylation is 1. The van der Waals surface area contributed by atoms with E-state index in [1.807, 2.05) is 31.2 Å². The largest absolute Gasteiger partial charge is 0.490 e. The zero-order valence-corrected chi connectivity index (χ0v) is 14.3. The van der Waals surface area contributed by atoms with Crippen LogP contribution in [0.3, 0.4) is 0 Å². The van der Waals surface area contributed by atoms with Crippen molar-refractivity contribution in [3.05, 3.63) is 57.0 Å². The maximum atomic E-state index is 8.71. The van der Waals surface area contributed by atoms with E-state index in [-0.39, 0.29) is 0 Å². The molecule has 0 aliphatic rings. The molecule has 1 N–H and O–H groups in total. The first-order valence-electron chi connectivity index (χ1n) is 6.59. The summed E-state index contributed by atoms with van der Waals surface area (Å²) in [5.41, 5.74) is 1.65. The molecule has 0 saturated heterocycles. The number of para-hydroxylation sites is 1. The van der Waals surface area contributed by atoms with Crippen molar-refractivity contribution in [1.82, 2.24) is 0 Å². The van der Waals surface area contributed by atoms with Gasteiger partial charge in [0.1, 0.15) is 24.7 Å². The minimum Gasteiger partial charge on any atom is -0.490 e. The molecule has 0 heterocycles. The van der Waals surface area contributed by atoms with Gasteiger partial charge in [-0.2, -0.15) is 0 Å². The number of oxime groups is 1. The van der Waals surface area contributed by atoms with E-state index in [4.69, 9.17) is 26.3 Å². The maximum absolute atomic E-state index is 8.71. The maximum Gasteiger partial charge on any atom is 0.142 e. The van der Waals surface area contributed by atoms with E-state index in [1.165, 1.54) is 6.21 Å². The van der Waals surface area contributed by atoms with E-state index in [2.05, 4.69) is 21.1 Å². The van der Waals surface area contributed by atoms with Crippen molar-refractivity contribution < 1.29 is 14.7 Å². The highest BCUT2D eigenvalue weighted by Crippen LogP contribution is 2.32. The fourth-order valence-electron chi connectivity index (χ4n) is 1.90. The van der Waals surface area contributed by atoms with Crippen molar-refractivity contribution in [2.45, 2.75) is 6.92 Å². The molecule has 2 rings (SSSR count). The van der Waals surface area contributed by atoms with Gasteiger partial charge in [-0.05, 0) is 46.6 Å². The molecule has 2 aromatic carbocycles. The van der Waals surface area contributed by atoms with E-state index in [9.17, 15) is 0 Å². The van der Waals surface area contributed by atoms with Crippen LogP contribution in [-0.4, -0.2) is 24.6 Å². The van der Waals surface area contributed by atoms with Crippen LogP contribution in [0.5, 0.6) is 11.5 Å². The van der Waals surface area contributed by atoms with Crippen LogP contribution in [0.25, 0.3) is 0 Å². The van der Waals surface area contributed by atoms with Crippen LogP contribution in [0.4, 0.5) is 0 Å². The van der Waals surface area contributed by atoms with Crippen LogP contribution in [0.15, 0.2) is 46.0 Å². The zero-order chi connectivity index (χ0) is 15.9. The van der Waals surface area contributed by atoms with Crippen LogP contribution < -0.4 is 9.47 Å². The SMILES string of the molecule is Cc1ccccc1OCCOc1c(Br)cc(Cl)cc1C=NO. The Bertz CT molecular complexity index is 676. The first-order chi connectivity index (χ1) is 10.6. The predicted molar refractivity (Wildman–Crippen MR) is 90.7 cm³/mol. The van der Waals surface area contributed by atoms with Crippen LogP contribution in [0.1, 0.15) is 11.1 Å². The second-order valence-electron chi connectivity index (χ2n) is 4.51. The van der Waals surface area contributed by atoms with Crippen molar-refractivity contribution >= 4 is 33.7 Å². The topological polar surface area (TPSA) is 51.0 Å². The van der Waals surface area contributed by atoms with Crippen molar-refractivity contribution in [1.29, 1.82) is 0 Å². The Hall–Kier alpha value is -1.72. The molecule has 0 amide bonds. The summed E-state index contributed by atoms with van der Waals surface area (Å²) in [4.78, 5) is 0. The molecule has 0 bridgehead atoms. The van der Waals surface area contributed by atoms with Gasteiger partial charge in [-0.3, -0.25) is 0 Å². The quantitative estimate of drug-likeness (QED) is 0.340. The summed E-state index contributed by atoms with van der Waals surface area (Å²) < 4.78 is 12.1. The van der Waals surface area contributed by atoms with E-state index in [1.54, 1.807) is 12.1 Å². The van der Waals surface area contributed by atoms with E-state index in [0.717, 1.165) is 11.3 Å². The molecule has 2 aromatic rings. The van der Waals surface area contributed by atoms with Gasteiger partial charge in [0.05, 0.1) is 10.7 Å². The lowest BCUT2D eigenvalue weighted by atomic mass is 10.2. The molecule has 116 valence electrons. The Morgan fingerprint density at radius 1 is 1.23 bits per heavy atom. The predicted octanol–water partition coefficient (Wildman–Crippen LogP) is 4.68. The number of rotatable bonds is 6. The summed E-state index contributed by atoms with van der Waals surface area (Å²) >= 11 is 9.35. The highest BCUT2D eigenvalue weighted by Gasteiger charge is 2.09. The summed E-state index contributed by atoms with van der Waals surface area (Å²) in [6.07, 6.45) is 1.27. The fourth-order valence-corrected chi connectivity index (χ4v) is 2.85. The molecule has 0 fully saturated rings. The van der Waals surface area contributed by atoms with E-state index < -0.39 is 0 Å². The Labute approximate surface area is 142 Å². The number of ether oxygens (including phenoxy) is 2. The van der Waals surface area contributed by atoms with Gasteiger partial charge in [0.2, 0.25) is 0 Å². The summed E-state index contributed by atoms with van der Waals surface area (Å²) in [7, 11) is 0. The van der Waals surface area contributed by atoms with Crippen LogP contribution in [0, 0.1) is 6.92 Å². The molecule has 0 aliphatic heterocycles. The lowest BCUT2D eigenvalue weighted by Crippen LogP contribution is -2.11. The van der Waals surface area contributed by atoms with Crippen LogP contribution >= 0.6 is 27.5 Å². The lowest BCUT2D eigenvalue weighted by Gasteiger charge is -2.13. The normalized spacial score (nSPS) is 10.9.